The summed E-state index contributed by atoms with van der Waals surface area (Å²) in [5, 5.41) is 4.61. The van der Waals surface area contributed by atoms with E-state index in [4.69, 9.17) is 5.73 Å². The molecule has 0 saturated carbocycles. The number of nitrogens with one attached hydrogen (secondary N) is 2. The van der Waals surface area contributed by atoms with E-state index in [2.05, 4.69) is 10.6 Å². The Labute approximate surface area is 125 Å². The van der Waals surface area contributed by atoms with Crippen molar-refractivity contribution in [3.8, 4) is 0 Å². The summed E-state index contributed by atoms with van der Waals surface area (Å²) in [5.41, 5.74) is 6.79. The highest BCUT2D eigenvalue weighted by Gasteiger charge is 2.14. The first-order valence-corrected chi connectivity index (χ1v) is 6.47. The highest BCUT2D eigenvalue weighted by atomic mass is 19.2. The van der Waals surface area contributed by atoms with Crippen molar-refractivity contribution < 1.29 is 18.0 Å². The molecule has 2 aromatic carbocycles. The summed E-state index contributed by atoms with van der Waals surface area (Å²) in [5.74, 6) is -4.39. The molecule has 0 radical (unpaired) electrons. The second-order valence-electron chi connectivity index (χ2n) is 4.55. The molecule has 0 fully saturated rings. The lowest BCUT2D eigenvalue weighted by molar-refractivity contribution is 0.251. The molecule has 22 heavy (non-hydrogen) atoms. The first-order chi connectivity index (χ1) is 10.5. The number of carbonyl (C=O) groups is 1. The smallest absolute Gasteiger partial charge is 0.319 e. The number of amides is 2. The van der Waals surface area contributed by atoms with Gasteiger partial charge < -0.3 is 16.4 Å². The number of benzene rings is 2. The van der Waals surface area contributed by atoms with Crippen LogP contribution in [-0.2, 0) is 13.1 Å². The molecule has 0 aliphatic carbocycles. The van der Waals surface area contributed by atoms with Gasteiger partial charge in [-0.1, -0.05) is 24.3 Å². The molecule has 0 aliphatic rings. The Morgan fingerprint density at radius 3 is 2.50 bits per heavy atom. The zero-order valence-corrected chi connectivity index (χ0v) is 11.5. The lowest BCUT2D eigenvalue weighted by Gasteiger charge is -2.09. The number of carbonyl (C=O) groups excluding carboxylic acids is 1. The predicted octanol–water partition coefficient (Wildman–Crippen LogP) is 2.88. The van der Waals surface area contributed by atoms with Gasteiger partial charge in [-0.2, -0.15) is 0 Å². The summed E-state index contributed by atoms with van der Waals surface area (Å²) in [6.07, 6.45) is 0. The monoisotopic (exact) mass is 309 g/mol. The van der Waals surface area contributed by atoms with Gasteiger partial charge in [-0.25, -0.2) is 18.0 Å². The van der Waals surface area contributed by atoms with Crippen LogP contribution in [0.2, 0.25) is 0 Å². The van der Waals surface area contributed by atoms with Crippen LogP contribution in [0.1, 0.15) is 11.1 Å². The molecular weight excluding hydrogens is 295 g/mol. The normalized spacial score (nSPS) is 10.4. The van der Waals surface area contributed by atoms with Crippen LogP contribution in [-0.4, -0.2) is 6.03 Å². The van der Waals surface area contributed by atoms with E-state index in [-0.39, 0.29) is 6.54 Å². The van der Waals surface area contributed by atoms with Gasteiger partial charge in [-0.3, -0.25) is 0 Å². The third-order valence-electron chi connectivity index (χ3n) is 2.96. The van der Waals surface area contributed by atoms with Gasteiger partial charge in [0.05, 0.1) is 5.69 Å². The predicted molar refractivity (Wildman–Crippen MR) is 76.5 cm³/mol. The second-order valence-corrected chi connectivity index (χ2v) is 4.55. The number of hydrogen-bond acceptors (Lipinski definition) is 2. The molecule has 0 aromatic heterocycles. The Hall–Kier alpha value is -2.54. The van der Waals surface area contributed by atoms with E-state index in [0.717, 1.165) is 23.3 Å². The molecule has 7 heteroatoms. The Morgan fingerprint density at radius 2 is 1.77 bits per heavy atom. The van der Waals surface area contributed by atoms with Gasteiger partial charge in [0, 0.05) is 13.1 Å². The van der Waals surface area contributed by atoms with Crippen molar-refractivity contribution in [3.05, 3.63) is 65.0 Å². The first kappa shape index (κ1) is 15.8. The SMILES string of the molecule is NCc1cccc(CNC(=O)Nc2ccc(F)c(F)c2F)c1. The summed E-state index contributed by atoms with van der Waals surface area (Å²) in [4.78, 5) is 11.7. The zero-order chi connectivity index (χ0) is 16.1. The van der Waals surface area contributed by atoms with Gasteiger partial charge in [0.25, 0.3) is 0 Å². The molecule has 2 rings (SSSR count). The van der Waals surface area contributed by atoms with Gasteiger partial charge in [0.15, 0.2) is 17.5 Å². The zero-order valence-electron chi connectivity index (χ0n) is 11.5. The maximum Gasteiger partial charge on any atom is 0.319 e. The molecular formula is C15H14F3N3O. The van der Waals surface area contributed by atoms with Crippen LogP contribution in [0.3, 0.4) is 0 Å². The fourth-order valence-electron chi connectivity index (χ4n) is 1.84. The highest BCUT2D eigenvalue weighted by molar-refractivity contribution is 5.89. The van der Waals surface area contributed by atoms with E-state index in [1.54, 1.807) is 12.1 Å². The van der Waals surface area contributed by atoms with Gasteiger partial charge in [-0.05, 0) is 23.3 Å². The molecule has 0 saturated heterocycles. The molecule has 2 aromatic rings. The van der Waals surface area contributed by atoms with Gasteiger partial charge in [0.2, 0.25) is 0 Å². The molecule has 4 nitrogen and oxygen atoms in total. The van der Waals surface area contributed by atoms with Crippen LogP contribution in [0.5, 0.6) is 0 Å². The number of urea groups is 1. The van der Waals surface area contributed by atoms with Crippen molar-refractivity contribution in [1.29, 1.82) is 0 Å². The molecule has 4 N–H and O–H groups in total. The Kier molecular flexibility index (Phi) is 5.00. The van der Waals surface area contributed by atoms with Gasteiger partial charge in [0.1, 0.15) is 0 Å². The first-order valence-electron chi connectivity index (χ1n) is 6.47. The lowest BCUT2D eigenvalue weighted by Crippen LogP contribution is -2.28. The van der Waals surface area contributed by atoms with Crippen LogP contribution >= 0.6 is 0 Å². The minimum absolute atomic E-state index is 0.185. The largest absolute Gasteiger partial charge is 0.334 e. The number of anilines is 1. The molecule has 0 atom stereocenters. The van der Waals surface area contributed by atoms with Crippen molar-refractivity contribution in [2.45, 2.75) is 13.1 Å². The summed E-state index contributed by atoms with van der Waals surface area (Å²) in [6, 6.07) is 8.20. The van der Waals surface area contributed by atoms with Crippen molar-refractivity contribution in [2.75, 3.05) is 5.32 Å². The van der Waals surface area contributed by atoms with Crippen LogP contribution in [0, 0.1) is 17.5 Å². The third-order valence-corrected chi connectivity index (χ3v) is 2.96. The summed E-state index contributed by atoms with van der Waals surface area (Å²) < 4.78 is 39.2. The molecule has 0 heterocycles. The van der Waals surface area contributed by atoms with E-state index in [1.165, 1.54) is 0 Å². The van der Waals surface area contributed by atoms with Gasteiger partial charge >= 0.3 is 6.03 Å². The minimum atomic E-state index is -1.63. The van der Waals surface area contributed by atoms with Crippen molar-refractivity contribution >= 4 is 11.7 Å². The van der Waals surface area contributed by atoms with Crippen molar-refractivity contribution in [2.24, 2.45) is 5.73 Å². The van der Waals surface area contributed by atoms with E-state index >= 15 is 0 Å². The van der Waals surface area contributed by atoms with E-state index in [1.807, 2.05) is 12.1 Å². The Balaban J connectivity index is 1.97. The highest BCUT2D eigenvalue weighted by Crippen LogP contribution is 2.19. The number of rotatable bonds is 4. The van der Waals surface area contributed by atoms with Crippen LogP contribution in [0.15, 0.2) is 36.4 Å². The topological polar surface area (TPSA) is 67.1 Å². The maximum absolute atomic E-state index is 13.4. The average molecular weight is 309 g/mol. The van der Waals surface area contributed by atoms with Crippen LogP contribution in [0.4, 0.5) is 23.7 Å². The Morgan fingerprint density at radius 1 is 1.05 bits per heavy atom. The molecule has 116 valence electrons. The summed E-state index contributed by atoms with van der Waals surface area (Å²) in [6.45, 7) is 0.561. The minimum Gasteiger partial charge on any atom is -0.334 e. The number of nitrogens with two attached hydrogens (primary N) is 1. The molecule has 0 spiro atoms. The average Bonchev–Trinajstić information content (AvgIpc) is 2.54. The Bertz CT molecular complexity index is 692. The maximum atomic E-state index is 13.4. The van der Waals surface area contributed by atoms with E-state index in [0.29, 0.717) is 6.54 Å². The van der Waals surface area contributed by atoms with Crippen molar-refractivity contribution in [3.63, 3.8) is 0 Å². The number of hydrogen-bond donors (Lipinski definition) is 3. The number of halogens is 3. The summed E-state index contributed by atoms with van der Waals surface area (Å²) in [7, 11) is 0. The molecule has 2 amide bonds. The van der Waals surface area contributed by atoms with Crippen LogP contribution in [0.25, 0.3) is 0 Å². The van der Waals surface area contributed by atoms with Crippen molar-refractivity contribution in [1.82, 2.24) is 5.32 Å². The van der Waals surface area contributed by atoms with Crippen LogP contribution < -0.4 is 16.4 Å². The second kappa shape index (κ2) is 6.95. The quantitative estimate of drug-likeness (QED) is 0.760. The standard InChI is InChI=1S/C15H14F3N3O/c16-11-4-5-12(14(18)13(11)17)21-15(22)20-8-10-3-1-2-9(6-10)7-19/h1-6H,7-8,19H2,(H2,20,21,22). The van der Waals surface area contributed by atoms with E-state index in [9.17, 15) is 18.0 Å². The fraction of sp³-hybridized carbons (Fsp3) is 0.133. The molecule has 0 bridgehead atoms. The fourth-order valence-corrected chi connectivity index (χ4v) is 1.84. The third kappa shape index (κ3) is 3.76. The molecule has 0 unspecified atom stereocenters. The summed E-state index contributed by atoms with van der Waals surface area (Å²) >= 11 is 0. The van der Waals surface area contributed by atoms with E-state index < -0.39 is 29.2 Å². The lowest BCUT2D eigenvalue weighted by atomic mass is 10.1. The van der Waals surface area contributed by atoms with Gasteiger partial charge in [-0.15, -0.1) is 0 Å². The molecule has 0 aliphatic heterocycles.